The van der Waals surface area contributed by atoms with Gasteiger partial charge in [-0.15, -0.1) is 0 Å². The van der Waals surface area contributed by atoms with E-state index in [0.717, 1.165) is 30.9 Å². The molecular weight excluding hydrogens is 370 g/mol. The Balaban J connectivity index is 1.59. The van der Waals surface area contributed by atoms with Crippen molar-refractivity contribution in [3.8, 4) is 11.1 Å². The summed E-state index contributed by atoms with van der Waals surface area (Å²) < 4.78 is 2.04. The first-order chi connectivity index (χ1) is 14.7. The summed E-state index contributed by atoms with van der Waals surface area (Å²) in [6, 6.07) is 16.7. The SMILES string of the molecule is CC(C)Cn1cc(-c2ccccc2CCN(c2cccnc2)c2cccnc2)cn1. The Kier molecular flexibility index (Phi) is 6.18. The number of pyridine rings is 2. The Morgan fingerprint density at radius 3 is 2.20 bits per heavy atom. The zero-order valence-corrected chi connectivity index (χ0v) is 17.5. The van der Waals surface area contributed by atoms with Crippen molar-refractivity contribution in [3.63, 3.8) is 0 Å². The first-order valence-electron chi connectivity index (χ1n) is 10.4. The fourth-order valence-corrected chi connectivity index (χ4v) is 3.66. The molecule has 0 unspecified atom stereocenters. The second-order valence-electron chi connectivity index (χ2n) is 7.83. The topological polar surface area (TPSA) is 46.8 Å². The van der Waals surface area contributed by atoms with Gasteiger partial charge >= 0.3 is 0 Å². The van der Waals surface area contributed by atoms with Gasteiger partial charge in [0.2, 0.25) is 0 Å². The van der Waals surface area contributed by atoms with E-state index in [1.165, 1.54) is 16.7 Å². The van der Waals surface area contributed by atoms with Crippen molar-refractivity contribution in [1.82, 2.24) is 19.7 Å². The van der Waals surface area contributed by atoms with Gasteiger partial charge in [0.1, 0.15) is 0 Å². The van der Waals surface area contributed by atoms with E-state index >= 15 is 0 Å². The number of hydrogen-bond acceptors (Lipinski definition) is 4. The van der Waals surface area contributed by atoms with Crippen molar-refractivity contribution in [1.29, 1.82) is 0 Å². The van der Waals surface area contributed by atoms with Crippen LogP contribution in [0.1, 0.15) is 19.4 Å². The highest BCUT2D eigenvalue weighted by Gasteiger charge is 2.13. The molecule has 0 radical (unpaired) electrons. The predicted molar refractivity (Wildman–Crippen MR) is 122 cm³/mol. The van der Waals surface area contributed by atoms with Crippen LogP contribution in [0.25, 0.3) is 11.1 Å². The lowest BCUT2D eigenvalue weighted by molar-refractivity contribution is 0.483. The first kappa shape index (κ1) is 19.8. The highest BCUT2D eigenvalue weighted by Crippen LogP contribution is 2.27. The Hall–Kier alpha value is -3.47. The number of aromatic nitrogens is 4. The van der Waals surface area contributed by atoms with Crippen LogP contribution in [-0.2, 0) is 13.0 Å². The summed E-state index contributed by atoms with van der Waals surface area (Å²) in [7, 11) is 0. The van der Waals surface area contributed by atoms with Gasteiger partial charge in [0.25, 0.3) is 0 Å². The Labute approximate surface area is 178 Å². The van der Waals surface area contributed by atoms with Gasteiger partial charge in [0.15, 0.2) is 0 Å². The molecule has 0 saturated carbocycles. The fourth-order valence-electron chi connectivity index (χ4n) is 3.66. The summed E-state index contributed by atoms with van der Waals surface area (Å²) in [6.07, 6.45) is 12.4. The first-order valence-corrected chi connectivity index (χ1v) is 10.4. The van der Waals surface area contributed by atoms with Gasteiger partial charge in [-0.2, -0.15) is 5.10 Å². The standard InChI is InChI=1S/C25H27N5/c1-20(2)18-29-19-22(15-28-29)25-10-4-3-7-21(25)11-14-30(23-8-5-12-26-16-23)24-9-6-13-27-17-24/h3-10,12-13,15-17,19-20H,11,14,18H2,1-2H3. The third kappa shape index (κ3) is 4.74. The molecule has 3 aromatic heterocycles. The van der Waals surface area contributed by atoms with E-state index in [1.54, 1.807) is 12.4 Å². The highest BCUT2D eigenvalue weighted by atomic mass is 15.3. The van der Waals surface area contributed by atoms with E-state index in [0.29, 0.717) is 5.92 Å². The number of nitrogens with zero attached hydrogens (tertiary/aromatic N) is 5. The van der Waals surface area contributed by atoms with Gasteiger partial charge in [-0.3, -0.25) is 14.6 Å². The number of hydrogen-bond donors (Lipinski definition) is 0. The van der Waals surface area contributed by atoms with Crippen LogP contribution in [0.2, 0.25) is 0 Å². The smallest absolute Gasteiger partial charge is 0.0597 e. The maximum atomic E-state index is 4.55. The lowest BCUT2D eigenvalue weighted by Gasteiger charge is -2.24. The molecule has 0 aliphatic rings. The average Bonchev–Trinajstić information content (AvgIpc) is 3.23. The molecule has 0 fully saturated rings. The molecule has 4 aromatic rings. The summed E-state index contributed by atoms with van der Waals surface area (Å²) >= 11 is 0. The lowest BCUT2D eigenvalue weighted by Crippen LogP contribution is -2.20. The Morgan fingerprint density at radius 2 is 1.57 bits per heavy atom. The van der Waals surface area contributed by atoms with Crippen molar-refractivity contribution < 1.29 is 0 Å². The maximum Gasteiger partial charge on any atom is 0.0597 e. The molecular formula is C25H27N5. The van der Waals surface area contributed by atoms with Crippen molar-refractivity contribution in [2.75, 3.05) is 11.4 Å². The highest BCUT2D eigenvalue weighted by molar-refractivity contribution is 5.67. The van der Waals surface area contributed by atoms with Crippen LogP contribution in [-0.4, -0.2) is 26.3 Å². The third-order valence-electron chi connectivity index (χ3n) is 5.03. The number of benzene rings is 1. The largest absolute Gasteiger partial charge is 0.339 e. The predicted octanol–water partition coefficient (Wildman–Crippen LogP) is 5.38. The monoisotopic (exact) mass is 397 g/mol. The van der Waals surface area contributed by atoms with Gasteiger partial charge in [0.05, 0.1) is 30.0 Å². The molecule has 0 saturated heterocycles. The lowest BCUT2D eigenvalue weighted by atomic mass is 10.00. The van der Waals surface area contributed by atoms with Crippen LogP contribution in [0.3, 0.4) is 0 Å². The molecule has 4 rings (SSSR count). The molecule has 0 aliphatic heterocycles. The minimum absolute atomic E-state index is 0.570. The molecule has 0 amide bonds. The Bertz CT molecular complexity index is 1020. The summed E-state index contributed by atoms with van der Waals surface area (Å²) in [4.78, 5) is 10.9. The van der Waals surface area contributed by atoms with E-state index in [-0.39, 0.29) is 0 Å². The van der Waals surface area contributed by atoms with Crippen molar-refractivity contribution in [2.24, 2.45) is 5.92 Å². The molecule has 0 N–H and O–H groups in total. The fraction of sp³-hybridized carbons (Fsp3) is 0.240. The van der Waals surface area contributed by atoms with Crippen molar-refractivity contribution in [3.05, 3.63) is 91.3 Å². The minimum Gasteiger partial charge on any atom is -0.339 e. The van der Waals surface area contributed by atoms with Crippen LogP contribution < -0.4 is 4.90 Å². The van der Waals surface area contributed by atoms with E-state index in [2.05, 4.69) is 76.4 Å². The third-order valence-corrected chi connectivity index (χ3v) is 5.03. The van der Waals surface area contributed by atoms with Gasteiger partial charge in [-0.25, -0.2) is 0 Å². The van der Waals surface area contributed by atoms with Crippen molar-refractivity contribution >= 4 is 11.4 Å². The van der Waals surface area contributed by atoms with Crippen LogP contribution >= 0.6 is 0 Å². The Morgan fingerprint density at radius 1 is 0.867 bits per heavy atom. The van der Waals surface area contributed by atoms with Gasteiger partial charge in [-0.05, 0) is 47.7 Å². The summed E-state index contributed by atoms with van der Waals surface area (Å²) in [5.74, 6) is 0.570. The quantitative estimate of drug-likeness (QED) is 0.401. The second-order valence-corrected chi connectivity index (χ2v) is 7.83. The summed E-state index contributed by atoms with van der Waals surface area (Å²) in [6.45, 7) is 6.17. The zero-order chi connectivity index (χ0) is 20.8. The van der Waals surface area contributed by atoms with Crippen LogP contribution in [0, 0.1) is 5.92 Å². The normalized spacial score (nSPS) is 11.0. The summed E-state index contributed by atoms with van der Waals surface area (Å²) in [5.41, 5.74) is 5.84. The molecule has 0 atom stereocenters. The minimum atomic E-state index is 0.570. The molecule has 30 heavy (non-hydrogen) atoms. The van der Waals surface area contributed by atoms with Gasteiger partial charge in [0, 0.05) is 37.2 Å². The van der Waals surface area contributed by atoms with E-state index in [4.69, 9.17) is 0 Å². The zero-order valence-electron chi connectivity index (χ0n) is 17.5. The molecule has 3 heterocycles. The molecule has 0 bridgehead atoms. The molecule has 152 valence electrons. The van der Waals surface area contributed by atoms with Crippen molar-refractivity contribution in [2.45, 2.75) is 26.8 Å². The number of anilines is 2. The van der Waals surface area contributed by atoms with Crippen LogP contribution in [0.4, 0.5) is 11.4 Å². The van der Waals surface area contributed by atoms with Crippen LogP contribution in [0.5, 0.6) is 0 Å². The van der Waals surface area contributed by atoms with Gasteiger partial charge < -0.3 is 4.90 Å². The molecule has 5 heteroatoms. The number of rotatable bonds is 8. The molecule has 1 aromatic carbocycles. The van der Waals surface area contributed by atoms with E-state index in [1.807, 2.05) is 35.4 Å². The summed E-state index contributed by atoms with van der Waals surface area (Å²) in [5, 5.41) is 4.55. The van der Waals surface area contributed by atoms with Crippen LogP contribution in [0.15, 0.2) is 85.7 Å². The van der Waals surface area contributed by atoms with E-state index < -0.39 is 0 Å². The molecule has 0 spiro atoms. The molecule has 5 nitrogen and oxygen atoms in total. The maximum absolute atomic E-state index is 4.55. The second kappa shape index (κ2) is 9.35. The molecule has 0 aliphatic carbocycles. The average molecular weight is 398 g/mol. The van der Waals surface area contributed by atoms with E-state index in [9.17, 15) is 0 Å². The van der Waals surface area contributed by atoms with Gasteiger partial charge in [-0.1, -0.05) is 38.1 Å².